The second-order valence-corrected chi connectivity index (χ2v) is 5.10. The predicted octanol–water partition coefficient (Wildman–Crippen LogP) is 1.73. The van der Waals surface area contributed by atoms with E-state index in [1.807, 2.05) is 22.9 Å². The highest BCUT2D eigenvalue weighted by molar-refractivity contribution is 5.89. The molecular formula is C14H13N5O2. The molecule has 0 unspecified atom stereocenters. The van der Waals surface area contributed by atoms with E-state index >= 15 is 0 Å². The Morgan fingerprint density at radius 3 is 3.05 bits per heavy atom. The minimum atomic E-state index is -0.377. The number of anilines is 1. The molecule has 7 nitrogen and oxygen atoms in total. The molecule has 1 aliphatic rings. The van der Waals surface area contributed by atoms with Gasteiger partial charge in [0.1, 0.15) is 5.58 Å². The summed E-state index contributed by atoms with van der Waals surface area (Å²) in [6.07, 6.45) is 2.24. The lowest BCUT2D eigenvalue weighted by Gasteiger charge is -2.08. The Labute approximate surface area is 119 Å². The van der Waals surface area contributed by atoms with Crippen molar-refractivity contribution in [3.8, 4) is 0 Å². The van der Waals surface area contributed by atoms with Gasteiger partial charge in [0, 0.05) is 11.5 Å². The summed E-state index contributed by atoms with van der Waals surface area (Å²) in [5.41, 5.74) is 0.916. The van der Waals surface area contributed by atoms with Crippen molar-refractivity contribution in [1.82, 2.24) is 20.2 Å². The Morgan fingerprint density at radius 2 is 2.19 bits per heavy atom. The minimum Gasteiger partial charge on any atom is -0.423 e. The average Bonchev–Trinajstić information content (AvgIpc) is 3.23. The van der Waals surface area contributed by atoms with Crippen LogP contribution in [0.15, 0.2) is 39.5 Å². The molecule has 1 aromatic carbocycles. The lowest BCUT2D eigenvalue weighted by molar-refractivity contribution is 0.561. The first-order valence-electron chi connectivity index (χ1n) is 6.85. The fourth-order valence-electron chi connectivity index (χ4n) is 2.36. The summed E-state index contributed by atoms with van der Waals surface area (Å²) in [7, 11) is 0. The van der Waals surface area contributed by atoms with Gasteiger partial charge in [-0.15, -0.1) is 5.10 Å². The van der Waals surface area contributed by atoms with Crippen LogP contribution in [-0.4, -0.2) is 20.2 Å². The number of nitrogens with zero attached hydrogens (tertiary/aromatic N) is 4. The van der Waals surface area contributed by atoms with Gasteiger partial charge in [-0.2, -0.15) is 0 Å². The molecule has 3 aromatic rings. The monoisotopic (exact) mass is 283 g/mol. The number of nitrogens with one attached hydrogen (secondary N) is 1. The van der Waals surface area contributed by atoms with E-state index in [4.69, 9.17) is 4.42 Å². The van der Waals surface area contributed by atoms with Gasteiger partial charge in [0.05, 0.1) is 18.3 Å². The molecule has 0 aliphatic heterocycles. The maximum atomic E-state index is 11.6. The summed E-state index contributed by atoms with van der Waals surface area (Å²) in [5.74, 6) is 0.773. The van der Waals surface area contributed by atoms with Crippen molar-refractivity contribution < 1.29 is 4.42 Å². The van der Waals surface area contributed by atoms with Gasteiger partial charge in [0.25, 0.3) is 0 Å². The van der Waals surface area contributed by atoms with Crippen molar-refractivity contribution in [3.63, 3.8) is 0 Å². The summed E-state index contributed by atoms with van der Waals surface area (Å²) in [6, 6.07) is 9.30. The Bertz CT molecular complexity index is 850. The molecule has 0 bridgehead atoms. The summed E-state index contributed by atoms with van der Waals surface area (Å²) in [5, 5.41) is 15.9. The Hall–Kier alpha value is -2.70. The summed E-state index contributed by atoms with van der Waals surface area (Å²) < 4.78 is 7.02. The smallest absolute Gasteiger partial charge is 0.338 e. The van der Waals surface area contributed by atoms with E-state index in [2.05, 4.69) is 20.8 Å². The lowest BCUT2D eigenvalue weighted by atomic mass is 10.2. The molecule has 1 saturated carbocycles. The third-order valence-electron chi connectivity index (χ3n) is 3.54. The van der Waals surface area contributed by atoms with Crippen molar-refractivity contribution in [3.05, 3.63) is 46.6 Å². The predicted molar refractivity (Wildman–Crippen MR) is 75.9 cm³/mol. The summed E-state index contributed by atoms with van der Waals surface area (Å²) in [6.45, 7) is 0.469. The molecule has 1 fully saturated rings. The SMILES string of the molecule is O=c1cc(NCc2nnnn2C2CC2)c2ccccc2o1. The van der Waals surface area contributed by atoms with E-state index in [9.17, 15) is 4.79 Å². The summed E-state index contributed by atoms with van der Waals surface area (Å²) >= 11 is 0. The maximum absolute atomic E-state index is 11.6. The zero-order valence-electron chi connectivity index (χ0n) is 11.2. The van der Waals surface area contributed by atoms with Crippen LogP contribution in [-0.2, 0) is 6.54 Å². The molecular weight excluding hydrogens is 270 g/mol. The number of hydrogen-bond acceptors (Lipinski definition) is 6. The van der Waals surface area contributed by atoms with Gasteiger partial charge < -0.3 is 9.73 Å². The van der Waals surface area contributed by atoms with Gasteiger partial charge in [-0.3, -0.25) is 0 Å². The van der Waals surface area contributed by atoms with E-state index < -0.39 is 0 Å². The number of tetrazole rings is 1. The largest absolute Gasteiger partial charge is 0.423 e. The second kappa shape index (κ2) is 4.69. The molecule has 0 saturated heterocycles. The number of hydrogen-bond donors (Lipinski definition) is 1. The third-order valence-corrected chi connectivity index (χ3v) is 3.54. The van der Waals surface area contributed by atoms with E-state index in [0.717, 1.165) is 29.7 Å². The molecule has 0 radical (unpaired) electrons. The molecule has 106 valence electrons. The molecule has 0 spiro atoms. The normalized spacial score (nSPS) is 14.5. The highest BCUT2D eigenvalue weighted by Crippen LogP contribution is 2.34. The van der Waals surface area contributed by atoms with Crippen LogP contribution in [0.4, 0.5) is 5.69 Å². The first-order valence-corrected chi connectivity index (χ1v) is 6.85. The molecule has 0 amide bonds. The van der Waals surface area contributed by atoms with Crippen molar-refractivity contribution in [2.75, 3.05) is 5.32 Å². The maximum Gasteiger partial charge on any atom is 0.338 e. The van der Waals surface area contributed by atoms with Gasteiger partial charge in [-0.05, 0) is 35.4 Å². The number of rotatable bonds is 4. The first-order chi connectivity index (χ1) is 10.3. The number of aromatic nitrogens is 4. The summed E-state index contributed by atoms with van der Waals surface area (Å²) in [4.78, 5) is 11.6. The zero-order valence-corrected chi connectivity index (χ0v) is 11.2. The van der Waals surface area contributed by atoms with Gasteiger partial charge in [-0.1, -0.05) is 12.1 Å². The quantitative estimate of drug-likeness (QED) is 0.734. The number of benzene rings is 1. The van der Waals surface area contributed by atoms with Crippen LogP contribution in [0, 0.1) is 0 Å². The van der Waals surface area contributed by atoms with Crippen LogP contribution in [0.2, 0.25) is 0 Å². The zero-order chi connectivity index (χ0) is 14.2. The molecule has 21 heavy (non-hydrogen) atoms. The van der Waals surface area contributed by atoms with Gasteiger partial charge in [0.15, 0.2) is 5.82 Å². The van der Waals surface area contributed by atoms with E-state index in [1.165, 1.54) is 6.07 Å². The molecule has 7 heteroatoms. The molecule has 1 N–H and O–H groups in total. The van der Waals surface area contributed by atoms with Crippen LogP contribution in [0.1, 0.15) is 24.7 Å². The number of fused-ring (bicyclic) bond motifs is 1. The standard InChI is InChI=1S/C14H13N5O2/c20-14-7-11(10-3-1-2-4-12(10)21-14)15-8-13-16-17-18-19(13)9-5-6-9/h1-4,7,9,15H,5-6,8H2. The van der Waals surface area contributed by atoms with Crippen molar-refractivity contribution in [2.24, 2.45) is 0 Å². The van der Waals surface area contributed by atoms with Crippen LogP contribution < -0.4 is 10.9 Å². The first kappa shape index (κ1) is 12.1. The Kier molecular flexibility index (Phi) is 2.70. The van der Waals surface area contributed by atoms with Gasteiger partial charge in [-0.25, -0.2) is 9.48 Å². The van der Waals surface area contributed by atoms with Gasteiger partial charge in [0.2, 0.25) is 0 Å². The van der Waals surface area contributed by atoms with Crippen LogP contribution in [0.3, 0.4) is 0 Å². The molecule has 0 atom stereocenters. The minimum absolute atomic E-state index is 0.377. The van der Waals surface area contributed by atoms with Crippen molar-refractivity contribution >= 4 is 16.7 Å². The van der Waals surface area contributed by atoms with Crippen LogP contribution >= 0.6 is 0 Å². The van der Waals surface area contributed by atoms with Crippen LogP contribution in [0.5, 0.6) is 0 Å². The lowest BCUT2D eigenvalue weighted by Crippen LogP contribution is -2.10. The van der Waals surface area contributed by atoms with E-state index in [1.54, 1.807) is 6.07 Å². The van der Waals surface area contributed by atoms with Crippen LogP contribution in [0.25, 0.3) is 11.0 Å². The third kappa shape index (κ3) is 2.26. The fraction of sp³-hybridized carbons (Fsp3) is 0.286. The Morgan fingerprint density at radius 1 is 1.33 bits per heavy atom. The highest BCUT2D eigenvalue weighted by Gasteiger charge is 2.27. The van der Waals surface area contributed by atoms with Gasteiger partial charge >= 0.3 is 5.63 Å². The van der Waals surface area contributed by atoms with Crippen molar-refractivity contribution in [2.45, 2.75) is 25.4 Å². The second-order valence-electron chi connectivity index (χ2n) is 5.10. The highest BCUT2D eigenvalue weighted by atomic mass is 16.4. The Balaban J connectivity index is 1.65. The average molecular weight is 283 g/mol. The molecule has 1 aliphatic carbocycles. The number of para-hydroxylation sites is 1. The molecule has 4 rings (SSSR count). The van der Waals surface area contributed by atoms with E-state index in [-0.39, 0.29) is 5.63 Å². The molecule has 2 heterocycles. The molecule has 2 aromatic heterocycles. The fourth-order valence-corrected chi connectivity index (χ4v) is 2.36. The van der Waals surface area contributed by atoms with Crippen molar-refractivity contribution in [1.29, 1.82) is 0 Å². The van der Waals surface area contributed by atoms with E-state index in [0.29, 0.717) is 18.2 Å². The topological polar surface area (TPSA) is 85.8 Å².